The van der Waals surface area contributed by atoms with Crippen LogP contribution < -0.4 is 10.2 Å². The molecule has 0 aromatic carbocycles. The fourth-order valence-corrected chi connectivity index (χ4v) is 2.66. The maximum Gasteiger partial charge on any atom is 0.208 e. The molecular weight excluding hydrogens is 208 g/mol. The first-order chi connectivity index (χ1) is 7.40. The number of anilines is 1. The van der Waals surface area contributed by atoms with Crippen molar-refractivity contribution in [3.8, 4) is 0 Å². The molecule has 1 aromatic heterocycles. The fourth-order valence-electron chi connectivity index (χ4n) is 2.06. The minimum absolute atomic E-state index is 0.766. The Hall–Kier alpha value is -0.680. The third-order valence-corrected chi connectivity index (χ3v) is 3.57. The van der Waals surface area contributed by atoms with Crippen LogP contribution in [0.3, 0.4) is 0 Å². The van der Waals surface area contributed by atoms with Gasteiger partial charge in [-0.15, -0.1) is 10.2 Å². The van der Waals surface area contributed by atoms with Gasteiger partial charge >= 0.3 is 0 Å². The average Bonchev–Trinajstić information content (AvgIpc) is 2.80. The summed E-state index contributed by atoms with van der Waals surface area (Å²) in [6.07, 6.45) is 2.61. The average molecular weight is 226 g/mol. The lowest BCUT2D eigenvalue weighted by atomic mass is 9.98. The van der Waals surface area contributed by atoms with Crippen LogP contribution in [0.15, 0.2) is 5.51 Å². The van der Waals surface area contributed by atoms with E-state index >= 15 is 0 Å². The predicted molar refractivity (Wildman–Crippen MR) is 63.4 cm³/mol. The maximum absolute atomic E-state index is 4.13. The molecule has 1 fully saturated rings. The van der Waals surface area contributed by atoms with Crippen molar-refractivity contribution in [3.05, 3.63) is 5.51 Å². The second-order valence-corrected chi connectivity index (χ2v) is 4.79. The van der Waals surface area contributed by atoms with E-state index in [-0.39, 0.29) is 0 Å². The SMILES string of the molecule is CCNCC1CCCN(c2nncs2)C1. The van der Waals surface area contributed by atoms with E-state index in [0.717, 1.165) is 37.2 Å². The molecule has 1 saturated heterocycles. The summed E-state index contributed by atoms with van der Waals surface area (Å²) < 4.78 is 0. The summed E-state index contributed by atoms with van der Waals surface area (Å²) in [4.78, 5) is 2.36. The number of nitrogens with one attached hydrogen (secondary N) is 1. The number of nitrogens with zero attached hydrogens (tertiary/aromatic N) is 3. The van der Waals surface area contributed by atoms with E-state index in [1.807, 2.05) is 5.51 Å². The van der Waals surface area contributed by atoms with Crippen molar-refractivity contribution in [2.45, 2.75) is 19.8 Å². The second kappa shape index (κ2) is 5.42. The van der Waals surface area contributed by atoms with E-state index in [4.69, 9.17) is 0 Å². The van der Waals surface area contributed by atoms with Crippen LogP contribution in [0.25, 0.3) is 0 Å². The molecule has 0 bridgehead atoms. The molecular formula is C10H18N4S. The van der Waals surface area contributed by atoms with Gasteiger partial charge in [0.25, 0.3) is 0 Å². The molecule has 84 valence electrons. The third-order valence-electron chi connectivity index (χ3n) is 2.82. The molecule has 1 unspecified atom stereocenters. The molecule has 1 atom stereocenters. The van der Waals surface area contributed by atoms with Gasteiger partial charge in [-0.2, -0.15) is 0 Å². The van der Waals surface area contributed by atoms with Gasteiger partial charge in [-0.25, -0.2) is 0 Å². The third kappa shape index (κ3) is 2.89. The monoisotopic (exact) mass is 226 g/mol. The number of aromatic nitrogens is 2. The van der Waals surface area contributed by atoms with Crippen LogP contribution in [0.2, 0.25) is 0 Å². The van der Waals surface area contributed by atoms with Crippen LogP contribution in [0.5, 0.6) is 0 Å². The Morgan fingerprint density at radius 2 is 2.60 bits per heavy atom. The minimum atomic E-state index is 0.766. The lowest BCUT2D eigenvalue weighted by Gasteiger charge is -2.32. The summed E-state index contributed by atoms with van der Waals surface area (Å²) in [6, 6.07) is 0. The van der Waals surface area contributed by atoms with Crippen molar-refractivity contribution < 1.29 is 0 Å². The Kier molecular flexibility index (Phi) is 3.91. The first kappa shape index (κ1) is 10.8. The Bertz CT molecular complexity index is 275. The quantitative estimate of drug-likeness (QED) is 0.842. The largest absolute Gasteiger partial charge is 0.346 e. The first-order valence-electron chi connectivity index (χ1n) is 5.62. The zero-order chi connectivity index (χ0) is 10.5. The topological polar surface area (TPSA) is 41.0 Å². The molecule has 2 rings (SSSR count). The highest BCUT2D eigenvalue weighted by atomic mass is 32.1. The molecule has 0 aliphatic carbocycles. The number of hydrogen-bond acceptors (Lipinski definition) is 5. The van der Waals surface area contributed by atoms with E-state index in [1.165, 1.54) is 12.8 Å². The molecule has 0 saturated carbocycles. The van der Waals surface area contributed by atoms with Gasteiger partial charge in [0.05, 0.1) is 0 Å². The van der Waals surface area contributed by atoms with Crippen LogP contribution in [0.1, 0.15) is 19.8 Å². The molecule has 4 nitrogen and oxygen atoms in total. The van der Waals surface area contributed by atoms with E-state index in [0.29, 0.717) is 0 Å². The normalized spacial score (nSPS) is 21.9. The van der Waals surface area contributed by atoms with Gasteiger partial charge in [-0.3, -0.25) is 0 Å². The Morgan fingerprint density at radius 3 is 3.33 bits per heavy atom. The van der Waals surface area contributed by atoms with E-state index in [1.54, 1.807) is 11.3 Å². The van der Waals surface area contributed by atoms with Crippen molar-refractivity contribution in [2.24, 2.45) is 5.92 Å². The van der Waals surface area contributed by atoms with Crippen molar-refractivity contribution in [2.75, 3.05) is 31.1 Å². The molecule has 1 aliphatic heterocycles. The molecule has 1 N–H and O–H groups in total. The summed E-state index contributed by atoms with van der Waals surface area (Å²) in [5, 5.41) is 12.5. The van der Waals surface area contributed by atoms with E-state index < -0.39 is 0 Å². The van der Waals surface area contributed by atoms with Crippen LogP contribution in [0.4, 0.5) is 5.13 Å². The number of hydrogen-bond donors (Lipinski definition) is 1. The molecule has 2 heterocycles. The van der Waals surface area contributed by atoms with E-state index in [9.17, 15) is 0 Å². The maximum atomic E-state index is 4.13. The van der Waals surface area contributed by atoms with Gasteiger partial charge in [0.1, 0.15) is 5.51 Å². The fraction of sp³-hybridized carbons (Fsp3) is 0.800. The van der Waals surface area contributed by atoms with Crippen molar-refractivity contribution in [1.29, 1.82) is 0 Å². The summed E-state index contributed by atoms with van der Waals surface area (Å²) in [5.41, 5.74) is 1.81. The number of piperidine rings is 1. The second-order valence-electron chi connectivity index (χ2n) is 3.98. The summed E-state index contributed by atoms with van der Waals surface area (Å²) in [5.74, 6) is 0.766. The lowest BCUT2D eigenvalue weighted by molar-refractivity contribution is 0.395. The standard InChI is InChI=1S/C10H18N4S/c1-2-11-6-9-4-3-5-14(7-9)10-13-12-8-15-10/h8-9,11H,2-7H2,1H3. The summed E-state index contributed by atoms with van der Waals surface area (Å²) >= 11 is 1.64. The van der Waals surface area contributed by atoms with Crippen molar-refractivity contribution in [1.82, 2.24) is 15.5 Å². The minimum Gasteiger partial charge on any atom is -0.346 e. The Labute approximate surface area is 94.7 Å². The predicted octanol–water partition coefficient (Wildman–Crippen LogP) is 1.36. The van der Waals surface area contributed by atoms with Gasteiger partial charge in [0, 0.05) is 13.1 Å². The molecule has 0 amide bonds. The molecule has 1 aliphatic rings. The van der Waals surface area contributed by atoms with Gasteiger partial charge in [-0.05, 0) is 31.8 Å². The Morgan fingerprint density at radius 1 is 1.67 bits per heavy atom. The van der Waals surface area contributed by atoms with Gasteiger partial charge in [-0.1, -0.05) is 18.3 Å². The molecule has 15 heavy (non-hydrogen) atoms. The molecule has 0 spiro atoms. The van der Waals surface area contributed by atoms with Crippen molar-refractivity contribution in [3.63, 3.8) is 0 Å². The number of rotatable bonds is 4. The van der Waals surface area contributed by atoms with Crippen LogP contribution in [0, 0.1) is 5.92 Å². The molecule has 1 aromatic rings. The van der Waals surface area contributed by atoms with Gasteiger partial charge in [0.2, 0.25) is 5.13 Å². The summed E-state index contributed by atoms with van der Waals surface area (Å²) in [7, 11) is 0. The highest BCUT2D eigenvalue weighted by molar-refractivity contribution is 7.13. The lowest BCUT2D eigenvalue weighted by Crippen LogP contribution is -2.39. The van der Waals surface area contributed by atoms with Crippen LogP contribution in [-0.2, 0) is 0 Å². The highest BCUT2D eigenvalue weighted by Crippen LogP contribution is 2.23. The molecule has 0 radical (unpaired) electrons. The first-order valence-corrected chi connectivity index (χ1v) is 6.50. The van der Waals surface area contributed by atoms with Crippen LogP contribution >= 0.6 is 11.3 Å². The Balaban J connectivity index is 1.87. The smallest absolute Gasteiger partial charge is 0.208 e. The van der Waals surface area contributed by atoms with E-state index in [2.05, 4.69) is 27.3 Å². The zero-order valence-electron chi connectivity index (χ0n) is 9.15. The highest BCUT2D eigenvalue weighted by Gasteiger charge is 2.21. The molecule has 5 heteroatoms. The van der Waals surface area contributed by atoms with Gasteiger partial charge < -0.3 is 10.2 Å². The van der Waals surface area contributed by atoms with Crippen LogP contribution in [-0.4, -0.2) is 36.4 Å². The van der Waals surface area contributed by atoms with Crippen molar-refractivity contribution >= 4 is 16.5 Å². The summed E-state index contributed by atoms with van der Waals surface area (Å²) in [6.45, 7) is 6.62. The van der Waals surface area contributed by atoms with Gasteiger partial charge in [0.15, 0.2) is 0 Å². The zero-order valence-corrected chi connectivity index (χ0v) is 9.96.